The second kappa shape index (κ2) is 9.30. The summed E-state index contributed by atoms with van der Waals surface area (Å²) in [6, 6.07) is -2.91. The Bertz CT molecular complexity index is 919. The van der Waals surface area contributed by atoms with Gasteiger partial charge in [0.25, 0.3) is 5.91 Å². The van der Waals surface area contributed by atoms with Crippen molar-refractivity contribution in [2.45, 2.75) is 76.6 Å². The first-order valence-electron chi connectivity index (χ1n) is 10.6. The number of amides is 5. The number of nitrogens with one attached hydrogen (secondary N) is 3. The number of rotatable bonds is 5. The summed E-state index contributed by atoms with van der Waals surface area (Å²) in [6.45, 7) is 5.22. The van der Waals surface area contributed by atoms with Crippen molar-refractivity contribution < 1.29 is 41.2 Å². The topological polar surface area (TPSA) is 184 Å². The van der Waals surface area contributed by atoms with Crippen LogP contribution in [-0.4, -0.2) is 77.1 Å². The van der Waals surface area contributed by atoms with E-state index in [4.69, 9.17) is 9.29 Å². The lowest BCUT2D eigenvalue weighted by Crippen LogP contribution is -2.56. The number of hydrogen-bond donors (Lipinski definition) is 4. The van der Waals surface area contributed by atoms with Crippen LogP contribution in [0.25, 0.3) is 0 Å². The van der Waals surface area contributed by atoms with Crippen LogP contribution in [0.3, 0.4) is 0 Å². The summed E-state index contributed by atoms with van der Waals surface area (Å²) in [5, 5.41) is 3.23. The van der Waals surface area contributed by atoms with Crippen molar-refractivity contribution in [3.8, 4) is 0 Å². The van der Waals surface area contributed by atoms with E-state index >= 15 is 0 Å². The van der Waals surface area contributed by atoms with E-state index in [-0.39, 0.29) is 19.4 Å². The average Bonchev–Trinajstić information content (AvgIpc) is 3.22. The molecule has 0 aromatic rings. The summed E-state index contributed by atoms with van der Waals surface area (Å²) in [6.07, 6.45) is 1.64. The Kier molecular flexibility index (Phi) is 7.04. The average molecular weight is 492 g/mol. The summed E-state index contributed by atoms with van der Waals surface area (Å²) in [5.74, 6) is -1.71. The minimum Gasteiger partial charge on any atom is -0.444 e. The van der Waals surface area contributed by atoms with E-state index in [1.54, 1.807) is 20.8 Å². The summed E-state index contributed by atoms with van der Waals surface area (Å²) < 4.78 is 40.3. The Morgan fingerprint density at radius 1 is 1.06 bits per heavy atom. The molecule has 0 unspecified atom stereocenters. The zero-order valence-electron chi connectivity index (χ0n) is 18.6. The third-order valence-corrected chi connectivity index (χ3v) is 6.01. The number of alkyl carbamates (subject to hydrolysis) is 1. The monoisotopic (exact) mass is 491 g/mol. The number of piperidine rings is 1. The van der Waals surface area contributed by atoms with Crippen LogP contribution in [0, 0.1) is 5.92 Å². The molecule has 3 fully saturated rings. The van der Waals surface area contributed by atoms with E-state index in [9.17, 15) is 27.6 Å². The molecule has 2 saturated heterocycles. The smallest absolute Gasteiger partial charge is 0.418 e. The molecular weight excluding hydrogens is 462 g/mol. The van der Waals surface area contributed by atoms with Gasteiger partial charge in [-0.05, 0) is 46.5 Å². The summed E-state index contributed by atoms with van der Waals surface area (Å²) in [4.78, 5) is 50.8. The van der Waals surface area contributed by atoms with Crippen LogP contribution < -0.4 is 16.2 Å². The first kappa shape index (κ1) is 25.0. The highest BCUT2D eigenvalue weighted by atomic mass is 32.3. The van der Waals surface area contributed by atoms with Crippen LogP contribution in [0.4, 0.5) is 9.59 Å². The molecule has 186 valence electrons. The minimum atomic E-state index is -4.89. The van der Waals surface area contributed by atoms with Crippen molar-refractivity contribution >= 4 is 34.3 Å². The number of hydrogen-bond acceptors (Lipinski definition) is 8. The minimum absolute atomic E-state index is 0.0326. The summed E-state index contributed by atoms with van der Waals surface area (Å²) in [7, 11) is -4.89. The molecule has 2 aliphatic heterocycles. The van der Waals surface area contributed by atoms with Crippen molar-refractivity contribution in [3.05, 3.63) is 0 Å². The Hall–Kier alpha value is -2.65. The summed E-state index contributed by atoms with van der Waals surface area (Å²) >= 11 is 0. The Labute approximate surface area is 191 Å². The molecule has 14 nitrogen and oxygen atoms in total. The zero-order valence-corrected chi connectivity index (χ0v) is 19.4. The molecule has 15 heteroatoms. The third kappa shape index (κ3) is 6.23. The van der Waals surface area contributed by atoms with Crippen LogP contribution >= 0.6 is 0 Å². The predicted molar refractivity (Wildman–Crippen MR) is 110 cm³/mol. The zero-order chi connectivity index (χ0) is 24.6. The van der Waals surface area contributed by atoms with E-state index in [2.05, 4.69) is 20.5 Å². The van der Waals surface area contributed by atoms with Crippen LogP contribution in [-0.2, 0) is 29.0 Å². The Balaban J connectivity index is 1.53. The second-order valence-electron chi connectivity index (χ2n) is 9.28. The van der Waals surface area contributed by atoms with Crippen LogP contribution in [0.15, 0.2) is 0 Å². The number of urea groups is 1. The number of carbonyl (C=O) groups excluding carboxylic acids is 4. The molecule has 0 aromatic carbocycles. The molecule has 0 spiro atoms. The van der Waals surface area contributed by atoms with Gasteiger partial charge < -0.3 is 15.0 Å². The largest absolute Gasteiger partial charge is 0.444 e. The van der Waals surface area contributed by atoms with Gasteiger partial charge in [0.1, 0.15) is 11.6 Å². The van der Waals surface area contributed by atoms with Crippen LogP contribution in [0.2, 0.25) is 0 Å². The van der Waals surface area contributed by atoms with E-state index in [1.807, 2.05) is 0 Å². The number of hydrazine groups is 1. The maximum absolute atomic E-state index is 12.6. The van der Waals surface area contributed by atoms with Gasteiger partial charge in [0, 0.05) is 12.6 Å². The molecule has 3 aliphatic rings. The molecule has 2 heterocycles. The van der Waals surface area contributed by atoms with Gasteiger partial charge in [-0.3, -0.25) is 25.0 Å². The molecule has 4 atom stereocenters. The molecular formula is C18H29N5O9S. The molecule has 5 amide bonds. The van der Waals surface area contributed by atoms with Crippen molar-refractivity contribution in [3.63, 3.8) is 0 Å². The fourth-order valence-electron chi connectivity index (χ4n) is 4.31. The van der Waals surface area contributed by atoms with Gasteiger partial charge in [0.15, 0.2) is 0 Å². The normalized spacial score (nSPS) is 27.3. The number of carbonyl (C=O) groups is 4. The highest BCUT2D eigenvalue weighted by Gasteiger charge is 2.49. The Morgan fingerprint density at radius 2 is 1.73 bits per heavy atom. The van der Waals surface area contributed by atoms with Gasteiger partial charge in [0.2, 0.25) is 5.91 Å². The summed E-state index contributed by atoms with van der Waals surface area (Å²) in [5.41, 5.74) is 3.97. The molecule has 33 heavy (non-hydrogen) atoms. The fourth-order valence-corrected chi connectivity index (χ4v) is 4.70. The van der Waals surface area contributed by atoms with Crippen molar-refractivity contribution in [1.29, 1.82) is 0 Å². The quantitative estimate of drug-likeness (QED) is 0.299. The number of ether oxygens (including phenoxy) is 1. The lowest BCUT2D eigenvalue weighted by atomic mass is 10.0. The lowest BCUT2D eigenvalue weighted by molar-refractivity contribution is -0.133. The van der Waals surface area contributed by atoms with E-state index < -0.39 is 64.0 Å². The predicted octanol–water partition coefficient (Wildman–Crippen LogP) is -0.170. The van der Waals surface area contributed by atoms with Crippen molar-refractivity contribution in [2.24, 2.45) is 5.92 Å². The van der Waals surface area contributed by atoms with Crippen LogP contribution in [0.1, 0.15) is 52.9 Å². The number of hydroxylamine groups is 2. The first-order valence-corrected chi connectivity index (χ1v) is 12.0. The lowest BCUT2D eigenvalue weighted by Gasteiger charge is -2.29. The van der Waals surface area contributed by atoms with Gasteiger partial charge in [-0.2, -0.15) is 13.5 Å². The number of nitrogens with zero attached hydrogens (tertiary/aromatic N) is 2. The number of fused-ring (bicyclic) bond motifs is 2. The van der Waals surface area contributed by atoms with E-state index in [0.29, 0.717) is 24.3 Å². The molecule has 0 aromatic heterocycles. The highest BCUT2D eigenvalue weighted by molar-refractivity contribution is 7.80. The van der Waals surface area contributed by atoms with Gasteiger partial charge in [-0.1, -0.05) is 6.42 Å². The molecule has 1 aliphatic carbocycles. The maximum atomic E-state index is 12.6. The maximum Gasteiger partial charge on any atom is 0.418 e. The molecule has 0 radical (unpaired) electrons. The van der Waals surface area contributed by atoms with Crippen molar-refractivity contribution in [2.75, 3.05) is 6.54 Å². The van der Waals surface area contributed by atoms with E-state index in [0.717, 1.165) is 4.90 Å². The van der Waals surface area contributed by atoms with E-state index in [1.165, 1.54) is 0 Å². The first-order chi connectivity index (χ1) is 15.2. The highest BCUT2D eigenvalue weighted by Crippen LogP contribution is 2.31. The molecule has 3 rings (SSSR count). The SMILES string of the molecule is CC(C)(C)OC(=O)N[C@@H]1CCC[C@H]1C(=O)NNC(=O)[C@@H]1CC[C@H]2CN1C(=O)N2OS(=O)(=O)O. The van der Waals surface area contributed by atoms with Crippen molar-refractivity contribution in [1.82, 2.24) is 26.1 Å². The van der Waals surface area contributed by atoms with Gasteiger partial charge in [0.05, 0.1) is 12.0 Å². The standard InChI is InChI=1S/C18H29N5O9S/c1-18(2,3)31-16(26)19-12-6-4-5-11(12)14(24)20-21-15(25)13-8-7-10-9-22(13)17(27)23(10)32-33(28,29)30/h10-13H,4-9H2,1-3H3,(H,19,26)(H,20,24)(H,21,25)(H,28,29,30)/t10-,11+,12+,13-/m0/s1. The molecule has 4 N–H and O–H groups in total. The third-order valence-electron chi connectivity index (χ3n) is 5.66. The van der Waals surface area contributed by atoms with Gasteiger partial charge >= 0.3 is 22.5 Å². The molecule has 1 saturated carbocycles. The van der Waals surface area contributed by atoms with Crippen LogP contribution in [0.5, 0.6) is 0 Å². The van der Waals surface area contributed by atoms with Gasteiger partial charge in [-0.15, -0.1) is 4.28 Å². The Morgan fingerprint density at radius 3 is 2.36 bits per heavy atom. The second-order valence-corrected chi connectivity index (χ2v) is 10.3. The molecule has 2 bridgehead atoms. The fraction of sp³-hybridized carbons (Fsp3) is 0.778. The van der Waals surface area contributed by atoms with Gasteiger partial charge in [-0.25, -0.2) is 9.59 Å².